The molecule has 1 aromatic heterocycles. The van der Waals surface area contributed by atoms with Gasteiger partial charge in [-0.25, -0.2) is 17.8 Å². The van der Waals surface area contributed by atoms with Crippen LogP contribution in [0.15, 0.2) is 23.4 Å². The minimum Gasteiger partial charge on any atom is -0.241 e. The van der Waals surface area contributed by atoms with Crippen molar-refractivity contribution in [2.24, 2.45) is 5.41 Å². The molecule has 1 aliphatic heterocycles. The number of aromatic nitrogens is 1. The van der Waals surface area contributed by atoms with Crippen LogP contribution in [-0.2, 0) is 10.0 Å². The average Bonchev–Trinajstić information content (AvgIpc) is 2.47. The first-order valence-corrected chi connectivity index (χ1v) is 8.50. The lowest BCUT2D eigenvalue weighted by atomic mass is 9.75. The van der Waals surface area contributed by atoms with Crippen molar-refractivity contribution in [3.05, 3.63) is 24.1 Å². The molecular weight excluding hydrogens is 279 g/mol. The Morgan fingerprint density at radius 2 is 1.90 bits per heavy atom. The fourth-order valence-electron chi connectivity index (χ4n) is 2.84. The van der Waals surface area contributed by atoms with Crippen LogP contribution in [-0.4, -0.2) is 30.8 Å². The normalized spacial score (nSPS) is 19.9. The minimum atomic E-state index is -3.81. The summed E-state index contributed by atoms with van der Waals surface area (Å²) < 4.78 is 39.9. The van der Waals surface area contributed by atoms with E-state index >= 15 is 0 Å². The van der Waals surface area contributed by atoms with E-state index in [1.165, 1.54) is 16.6 Å². The molecule has 0 aromatic carbocycles. The number of piperidine rings is 1. The van der Waals surface area contributed by atoms with Gasteiger partial charge in [-0.05, 0) is 30.4 Å². The summed E-state index contributed by atoms with van der Waals surface area (Å²) in [5, 5.41) is -0.458. The summed E-state index contributed by atoms with van der Waals surface area (Å²) in [5.41, 5.74) is 0.231. The van der Waals surface area contributed by atoms with Crippen molar-refractivity contribution in [1.82, 2.24) is 9.29 Å². The van der Waals surface area contributed by atoms with Crippen molar-refractivity contribution in [1.29, 1.82) is 0 Å². The van der Waals surface area contributed by atoms with Gasteiger partial charge in [0.2, 0.25) is 5.03 Å². The molecule has 1 aliphatic rings. The van der Waals surface area contributed by atoms with Gasteiger partial charge in [0, 0.05) is 19.3 Å². The van der Waals surface area contributed by atoms with Crippen LogP contribution in [0.25, 0.3) is 0 Å². The highest BCUT2D eigenvalue weighted by molar-refractivity contribution is 7.89. The van der Waals surface area contributed by atoms with E-state index in [-0.39, 0.29) is 5.41 Å². The third kappa shape index (κ3) is 2.72. The average molecular weight is 300 g/mol. The lowest BCUT2D eigenvalue weighted by Crippen LogP contribution is -2.43. The summed E-state index contributed by atoms with van der Waals surface area (Å²) in [5.74, 6) is -0.782. The molecule has 0 spiro atoms. The lowest BCUT2D eigenvalue weighted by Gasteiger charge is -2.40. The lowest BCUT2D eigenvalue weighted by molar-refractivity contribution is 0.141. The van der Waals surface area contributed by atoms with Gasteiger partial charge in [-0.3, -0.25) is 0 Å². The maximum Gasteiger partial charge on any atom is 0.263 e. The topological polar surface area (TPSA) is 50.3 Å². The van der Waals surface area contributed by atoms with Crippen molar-refractivity contribution >= 4 is 10.0 Å². The second-order valence-electron chi connectivity index (χ2n) is 5.40. The Bertz CT molecular complexity index is 560. The molecule has 1 fully saturated rings. The fraction of sp³-hybridized carbons (Fsp3) is 0.643. The minimum absolute atomic E-state index is 0.231. The summed E-state index contributed by atoms with van der Waals surface area (Å²) in [6.07, 6.45) is 5.06. The molecule has 112 valence electrons. The van der Waals surface area contributed by atoms with Gasteiger partial charge in [0.15, 0.2) is 5.82 Å². The molecule has 0 amide bonds. The summed E-state index contributed by atoms with van der Waals surface area (Å²) in [7, 11) is -3.81. The van der Waals surface area contributed by atoms with Crippen molar-refractivity contribution in [3.63, 3.8) is 0 Å². The highest BCUT2D eigenvalue weighted by Gasteiger charge is 2.37. The molecule has 0 unspecified atom stereocenters. The molecule has 4 nitrogen and oxygen atoms in total. The van der Waals surface area contributed by atoms with Gasteiger partial charge in [-0.2, -0.15) is 4.31 Å². The molecule has 1 aromatic rings. The zero-order chi connectivity index (χ0) is 14.8. The number of sulfonamides is 1. The van der Waals surface area contributed by atoms with Gasteiger partial charge in [0.1, 0.15) is 0 Å². The number of hydrogen-bond acceptors (Lipinski definition) is 3. The number of rotatable bonds is 4. The van der Waals surface area contributed by atoms with Gasteiger partial charge in [-0.15, -0.1) is 0 Å². The Hall–Kier alpha value is -1.01. The monoisotopic (exact) mass is 300 g/mol. The third-order valence-corrected chi connectivity index (χ3v) is 6.43. The van der Waals surface area contributed by atoms with Crippen LogP contribution in [0, 0.1) is 11.2 Å². The molecule has 0 radical (unpaired) electrons. The van der Waals surface area contributed by atoms with Crippen molar-refractivity contribution < 1.29 is 12.8 Å². The summed E-state index contributed by atoms with van der Waals surface area (Å²) in [6.45, 7) is 5.18. The van der Waals surface area contributed by atoms with E-state index in [1.807, 2.05) is 0 Å². The summed E-state index contributed by atoms with van der Waals surface area (Å²) >= 11 is 0. The standard InChI is InChI=1S/C14H21FN2O2S/c1-3-14(4-2)7-10-17(11-8-14)20(18,19)13-12(15)6-5-9-16-13/h5-6,9H,3-4,7-8,10-11H2,1-2H3. The Morgan fingerprint density at radius 3 is 2.40 bits per heavy atom. The second-order valence-corrected chi connectivity index (χ2v) is 7.25. The van der Waals surface area contributed by atoms with E-state index < -0.39 is 20.9 Å². The second kappa shape index (κ2) is 5.77. The van der Waals surface area contributed by atoms with Crippen molar-refractivity contribution in [2.45, 2.75) is 44.6 Å². The Labute approximate surface area is 120 Å². The summed E-state index contributed by atoms with van der Waals surface area (Å²) in [6, 6.07) is 2.52. The fourth-order valence-corrected chi connectivity index (χ4v) is 4.26. The molecule has 0 saturated carbocycles. The number of hydrogen-bond donors (Lipinski definition) is 0. The van der Waals surface area contributed by atoms with Crippen molar-refractivity contribution in [2.75, 3.05) is 13.1 Å². The van der Waals surface area contributed by atoms with E-state index in [2.05, 4.69) is 18.8 Å². The van der Waals surface area contributed by atoms with Gasteiger partial charge < -0.3 is 0 Å². The molecule has 1 saturated heterocycles. The smallest absolute Gasteiger partial charge is 0.241 e. The Balaban J connectivity index is 2.20. The number of halogens is 1. The van der Waals surface area contributed by atoms with Gasteiger partial charge >= 0.3 is 0 Å². The first kappa shape index (κ1) is 15.4. The maximum absolute atomic E-state index is 13.7. The van der Waals surface area contributed by atoms with E-state index in [9.17, 15) is 12.8 Å². The van der Waals surface area contributed by atoms with Crippen LogP contribution >= 0.6 is 0 Å². The molecule has 0 aliphatic carbocycles. The molecule has 2 heterocycles. The molecular formula is C14H21FN2O2S. The van der Waals surface area contributed by atoms with E-state index in [0.717, 1.165) is 31.7 Å². The third-order valence-electron chi connectivity index (χ3n) is 4.59. The van der Waals surface area contributed by atoms with Crippen molar-refractivity contribution in [3.8, 4) is 0 Å². The van der Waals surface area contributed by atoms with Crippen LogP contribution in [0.2, 0.25) is 0 Å². The van der Waals surface area contributed by atoms with E-state index in [4.69, 9.17) is 0 Å². The van der Waals surface area contributed by atoms with Gasteiger partial charge in [0.25, 0.3) is 10.0 Å². The van der Waals surface area contributed by atoms with E-state index in [0.29, 0.717) is 13.1 Å². The zero-order valence-electron chi connectivity index (χ0n) is 12.0. The largest absolute Gasteiger partial charge is 0.263 e. The van der Waals surface area contributed by atoms with Crippen LogP contribution in [0.1, 0.15) is 39.5 Å². The quantitative estimate of drug-likeness (QED) is 0.859. The molecule has 2 rings (SSSR count). The molecule has 6 heteroatoms. The van der Waals surface area contributed by atoms with Gasteiger partial charge in [0.05, 0.1) is 0 Å². The van der Waals surface area contributed by atoms with Crippen LogP contribution in [0.5, 0.6) is 0 Å². The first-order valence-electron chi connectivity index (χ1n) is 7.06. The molecule has 0 N–H and O–H groups in total. The van der Waals surface area contributed by atoms with Crippen LogP contribution < -0.4 is 0 Å². The summed E-state index contributed by atoms with van der Waals surface area (Å²) in [4.78, 5) is 3.70. The maximum atomic E-state index is 13.7. The first-order chi connectivity index (χ1) is 9.45. The SMILES string of the molecule is CCC1(CC)CCN(S(=O)(=O)c2ncccc2F)CC1. The number of pyridine rings is 1. The number of nitrogens with zero attached hydrogens (tertiary/aromatic N) is 2. The van der Waals surface area contributed by atoms with Crippen LogP contribution in [0.3, 0.4) is 0 Å². The predicted octanol–water partition coefficient (Wildman–Crippen LogP) is 2.81. The Kier molecular flexibility index (Phi) is 4.44. The molecule has 0 atom stereocenters. The predicted molar refractivity (Wildman–Crippen MR) is 75.2 cm³/mol. The molecule has 0 bridgehead atoms. The zero-order valence-corrected chi connectivity index (χ0v) is 12.8. The highest BCUT2D eigenvalue weighted by atomic mass is 32.2. The van der Waals surface area contributed by atoms with Gasteiger partial charge in [-0.1, -0.05) is 26.7 Å². The van der Waals surface area contributed by atoms with E-state index in [1.54, 1.807) is 0 Å². The Morgan fingerprint density at radius 1 is 1.30 bits per heavy atom. The molecule has 20 heavy (non-hydrogen) atoms. The van der Waals surface area contributed by atoms with Crippen LogP contribution in [0.4, 0.5) is 4.39 Å². The highest BCUT2D eigenvalue weighted by Crippen LogP contribution is 2.39.